The van der Waals surface area contributed by atoms with Gasteiger partial charge in [-0.3, -0.25) is 0 Å². The SMILES string of the molecule is COc1c(C)cccc1/C=N/[S@@](=O)C(C)(C)C. The number of nitrogens with zero attached hydrogens (tertiary/aromatic N) is 1. The molecule has 0 unspecified atom stereocenters. The van der Waals surface area contributed by atoms with Gasteiger partial charge in [0.05, 0.1) is 11.9 Å². The van der Waals surface area contributed by atoms with Gasteiger partial charge in [-0.25, -0.2) is 4.21 Å². The van der Waals surface area contributed by atoms with Crippen LogP contribution in [0.1, 0.15) is 31.9 Å². The predicted molar refractivity (Wildman–Crippen MR) is 73.2 cm³/mol. The van der Waals surface area contributed by atoms with Crippen LogP contribution in [0.5, 0.6) is 5.75 Å². The van der Waals surface area contributed by atoms with Crippen LogP contribution in [0.15, 0.2) is 22.6 Å². The number of methoxy groups -OCH3 is 1. The van der Waals surface area contributed by atoms with E-state index in [9.17, 15) is 4.21 Å². The molecule has 0 fully saturated rings. The molecule has 0 heterocycles. The Hall–Kier alpha value is -1.16. The maximum absolute atomic E-state index is 11.8. The van der Waals surface area contributed by atoms with Crippen molar-refractivity contribution in [2.45, 2.75) is 32.4 Å². The van der Waals surface area contributed by atoms with Gasteiger partial charge in [0, 0.05) is 11.8 Å². The fourth-order valence-electron chi connectivity index (χ4n) is 1.32. The second-order valence-corrected chi connectivity index (χ2v) is 6.73. The summed E-state index contributed by atoms with van der Waals surface area (Å²) < 4.78 is 20.8. The highest BCUT2D eigenvalue weighted by molar-refractivity contribution is 7.85. The van der Waals surface area contributed by atoms with Gasteiger partial charge >= 0.3 is 0 Å². The average Bonchev–Trinajstić information content (AvgIpc) is 2.24. The Labute approximate surface area is 106 Å². The standard InChI is InChI=1S/C13H19NO2S/c1-10-7-6-8-11(12(10)16-5)9-14-17(15)13(2,3)4/h6-9H,1-5H3/b14-9+/t17-/m0/s1. The van der Waals surface area contributed by atoms with Gasteiger partial charge in [-0.05, 0) is 39.3 Å². The van der Waals surface area contributed by atoms with Crippen LogP contribution in [-0.2, 0) is 11.0 Å². The maximum atomic E-state index is 11.8. The monoisotopic (exact) mass is 253 g/mol. The molecule has 0 saturated carbocycles. The number of aryl methyl sites for hydroxylation is 1. The molecule has 0 N–H and O–H groups in total. The molecule has 17 heavy (non-hydrogen) atoms. The van der Waals surface area contributed by atoms with Crippen molar-refractivity contribution in [3.05, 3.63) is 29.3 Å². The highest BCUT2D eigenvalue weighted by Gasteiger charge is 2.18. The van der Waals surface area contributed by atoms with Crippen LogP contribution in [-0.4, -0.2) is 22.3 Å². The minimum absolute atomic E-state index is 0.340. The second-order valence-electron chi connectivity index (χ2n) is 4.79. The molecule has 0 aliphatic carbocycles. The highest BCUT2D eigenvalue weighted by Crippen LogP contribution is 2.21. The summed E-state index contributed by atoms with van der Waals surface area (Å²) >= 11 is 0. The Morgan fingerprint density at radius 1 is 1.35 bits per heavy atom. The van der Waals surface area contributed by atoms with Crippen LogP contribution in [0.4, 0.5) is 0 Å². The van der Waals surface area contributed by atoms with Gasteiger partial charge in [0.1, 0.15) is 16.7 Å². The van der Waals surface area contributed by atoms with Gasteiger partial charge < -0.3 is 4.74 Å². The topological polar surface area (TPSA) is 38.7 Å². The van der Waals surface area contributed by atoms with Crippen molar-refractivity contribution in [1.29, 1.82) is 0 Å². The Morgan fingerprint density at radius 2 is 2.00 bits per heavy atom. The Kier molecular flexibility index (Phi) is 4.46. The third kappa shape index (κ3) is 3.66. The van der Waals surface area contributed by atoms with Crippen LogP contribution in [0.25, 0.3) is 0 Å². The first-order valence-corrected chi connectivity index (χ1v) is 6.56. The zero-order chi connectivity index (χ0) is 13.1. The minimum atomic E-state index is -1.24. The predicted octanol–water partition coefficient (Wildman–Crippen LogP) is 2.88. The van der Waals surface area contributed by atoms with E-state index in [1.165, 1.54) is 0 Å². The van der Waals surface area contributed by atoms with Gasteiger partial charge in [-0.2, -0.15) is 4.40 Å². The number of hydrogen-bond donors (Lipinski definition) is 0. The van der Waals surface area contributed by atoms with Crippen molar-refractivity contribution in [1.82, 2.24) is 0 Å². The third-order valence-corrected chi connectivity index (χ3v) is 3.60. The zero-order valence-corrected chi connectivity index (χ0v) is 11.8. The molecule has 3 nitrogen and oxygen atoms in total. The van der Waals surface area contributed by atoms with Gasteiger partial charge in [-0.1, -0.05) is 12.1 Å². The van der Waals surface area contributed by atoms with Crippen molar-refractivity contribution in [2.75, 3.05) is 7.11 Å². The van der Waals surface area contributed by atoms with E-state index in [4.69, 9.17) is 4.74 Å². The lowest BCUT2D eigenvalue weighted by atomic mass is 10.1. The molecule has 1 rings (SSSR count). The number of ether oxygens (including phenoxy) is 1. The van der Waals surface area contributed by atoms with Crippen LogP contribution < -0.4 is 4.74 Å². The maximum Gasteiger partial charge on any atom is 0.144 e. The number of benzene rings is 1. The zero-order valence-electron chi connectivity index (χ0n) is 11.0. The molecule has 1 atom stereocenters. The summed E-state index contributed by atoms with van der Waals surface area (Å²) in [6, 6.07) is 5.80. The number of para-hydroxylation sites is 1. The van der Waals surface area contributed by atoms with E-state index < -0.39 is 11.0 Å². The fourth-order valence-corrected chi connectivity index (χ4v) is 1.84. The van der Waals surface area contributed by atoms with E-state index in [2.05, 4.69) is 4.40 Å². The van der Waals surface area contributed by atoms with E-state index in [1.807, 2.05) is 45.9 Å². The van der Waals surface area contributed by atoms with Crippen molar-refractivity contribution < 1.29 is 8.95 Å². The smallest absolute Gasteiger partial charge is 0.144 e. The summed E-state index contributed by atoms with van der Waals surface area (Å²) in [6.45, 7) is 7.66. The molecule has 0 aromatic heterocycles. The molecule has 0 bridgehead atoms. The molecule has 0 amide bonds. The summed E-state index contributed by atoms with van der Waals surface area (Å²) in [4.78, 5) is 0. The lowest BCUT2D eigenvalue weighted by Gasteiger charge is -2.13. The first-order valence-electron chi connectivity index (χ1n) is 5.46. The Morgan fingerprint density at radius 3 is 2.53 bits per heavy atom. The third-order valence-electron chi connectivity index (χ3n) is 2.26. The van der Waals surface area contributed by atoms with Crippen LogP contribution in [0.2, 0.25) is 0 Å². The van der Waals surface area contributed by atoms with Crippen LogP contribution in [0.3, 0.4) is 0 Å². The van der Waals surface area contributed by atoms with Crippen LogP contribution in [0, 0.1) is 6.92 Å². The van der Waals surface area contributed by atoms with E-state index in [-0.39, 0.29) is 4.75 Å². The Bertz CT molecular complexity index is 447. The molecule has 0 aliphatic heterocycles. The van der Waals surface area contributed by atoms with E-state index in [1.54, 1.807) is 13.3 Å². The van der Waals surface area contributed by atoms with Gasteiger partial charge in [0.2, 0.25) is 0 Å². The molecule has 4 heteroatoms. The first-order chi connectivity index (χ1) is 7.86. The summed E-state index contributed by atoms with van der Waals surface area (Å²) in [5.41, 5.74) is 1.89. The van der Waals surface area contributed by atoms with Crippen LogP contribution >= 0.6 is 0 Å². The second kappa shape index (κ2) is 5.45. The lowest BCUT2D eigenvalue weighted by Crippen LogP contribution is -2.19. The molecule has 1 aromatic rings. The number of hydrogen-bond acceptors (Lipinski definition) is 2. The molecule has 1 aromatic carbocycles. The van der Waals surface area contributed by atoms with E-state index in [0.29, 0.717) is 0 Å². The van der Waals surface area contributed by atoms with Gasteiger partial charge in [-0.15, -0.1) is 0 Å². The van der Waals surface area contributed by atoms with Crippen molar-refractivity contribution in [2.24, 2.45) is 4.40 Å². The Balaban J connectivity index is 3.00. The van der Waals surface area contributed by atoms with Crippen molar-refractivity contribution >= 4 is 17.2 Å². The highest BCUT2D eigenvalue weighted by atomic mass is 32.2. The summed E-state index contributed by atoms with van der Waals surface area (Å²) in [5, 5.41) is 0. The summed E-state index contributed by atoms with van der Waals surface area (Å²) in [6.07, 6.45) is 1.62. The molecule has 94 valence electrons. The minimum Gasteiger partial charge on any atom is -0.496 e. The van der Waals surface area contributed by atoms with Gasteiger partial charge in [0.15, 0.2) is 0 Å². The fraction of sp³-hybridized carbons (Fsp3) is 0.462. The normalized spacial score (nSPS) is 13.9. The molecular weight excluding hydrogens is 234 g/mol. The molecule has 0 saturated heterocycles. The molecule has 0 spiro atoms. The summed E-state index contributed by atoms with van der Waals surface area (Å²) in [7, 11) is 0.385. The van der Waals surface area contributed by atoms with Gasteiger partial charge in [0.25, 0.3) is 0 Å². The number of rotatable bonds is 3. The molecule has 0 aliphatic rings. The van der Waals surface area contributed by atoms with Crippen molar-refractivity contribution in [3.63, 3.8) is 0 Å². The summed E-state index contributed by atoms with van der Waals surface area (Å²) in [5.74, 6) is 0.780. The quantitative estimate of drug-likeness (QED) is 0.777. The molecular formula is C13H19NO2S. The first kappa shape index (κ1) is 13.9. The average molecular weight is 253 g/mol. The van der Waals surface area contributed by atoms with E-state index >= 15 is 0 Å². The lowest BCUT2D eigenvalue weighted by molar-refractivity contribution is 0.411. The van der Waals surface area contributed by atoms with E-state index in [0.717, 1.165) is 16.9 Å². The van der Waals surface area contributed by atoms with Crippen molar-refractivity contribution in [3.8, 4) is 5.75 Å². The molecule has 0 radical (unpaired) electrons. The largest absolute Gasteiger partial charge is 0.496 e.